The van der Waals surface area contributed by atoms with Crippen molar-refractivity contribution in [2.24, 2.45) is 5.92 Å². The van der Waals surface area contributed by atoms with E-state index in [1.165, 1.54) is 6.42 Å². The van der Waals surface area contributed by atoms with E-state index in [-0.39, 0.29) is 5.91 Å². The van der Waals surface area contributed by atoms with Gasteiger partial charge in [-0.05, 0) is 31.6 Å². The molecule has 1 rings (SSSR count). The summed E-state index contributed by atoms with van der Waals surface area (Å²) in [7, 11) is 0. The molecule has 0 bridgehead atoms. The van der Waals surface area contributed by atoms with Gasteiger partial charge in [0.15, 0.2) is 0 Å². The van der Waals surface area contributed by atoms with E-state index >= 15 is 0 Å². The predicted molar refractivity (Wildman–Crippen MR) is 48.4 cm³/mol. The zero-order valence-electron chi connectivity index (χ0n) is 7.68. The minimum Gasteiger partial charge on any atom is -0.343 e. The van der Waals surface area contributed by atoms with Crippen LogP contribution in [0.4, 0.5) is 0 Å². The SMILES string of the molecule is CC#CC(=O)NC1CC(CC)C1. The van der Waals surface area contributed by atoms with Gasteiger partial charge in [-0.15, -0.1) is 0 Å². The van der Waals surface area contributed by atoms with Gasteiger partial charge in [-0.25, -0.2) is 0 Å². The Bertz CT molecular complexity index is 218. The maximum absolute atomic E-state index is 11.0. The Labute approximate surface area is 73.7 Å². The Morgan fingerprint density at radius 2 is 2.25 bits per heavy atom. The molecule has 12 heavy (non-hydrogen) atoms. The van der Waals surface area contributed by atoms with Crippen LogP contribution in [-0.4, -0.2) is 11.9 Å². The molecule has 0 spiro atoms. The molecule has 0 heterocycles. The summed E-state index contributed by atoms with van der Waals surface area (Å²) in [6.07, 6.45) is 3.49. The molecule has 1 saturated carbocycles. The number of hydrogen-bond donors (Lipinski definition) is 1. The third kappa shape index (κ3) is 2.27. The van der Waals surface area contributed by atoms with Crippen LogP contribution in [0.2, 0.25) is 0 Å². The summed E-state index contributed by atoms with van der Waals surface area (Å²) in [5.41, 5.74) is 0. The molecule has 0 saturated heterocycles. The molecule has 0 aliphatic heterocycles. The molecular formula is C10H15NO. The fourth-order valence-electron chi connectivity index (χ4n) is 1.52. The lowest BCUT2D eigenvalue weighted by Crippen LogP contribution is -2.43. The van der Waals surface area contributed by atoms with Crippen molar-refractivity contribution in [3.05, 3.63) is 0 Å². The fourth-order valence-corrected chi connectivity index (χ4v) is 1.52. The Hall–Kier alpha value is -0.970. The number of carbonyl (C=O) groups excluding carboxylic acids is 1. The molecule has 0 atom stereocenters. The zero-order valence-corrected chi connectivity index (χ0v) is 7.68. The number of hydrogen-bond acceptors (Lipinski definition) is 1. The second kappa shape index (κ2) is 4.15. The topological polar surface area (TPSA) is 29.1 Å². The average Bonchev–Trinajstić information content (AvgIpc) is 1.96. The van der Waals surface area contributed by atoms with Crippen LogP contribution >= 0.6 is 0 Å². The van der Waals surface area contributed by atoms with Crippen LogP contribution in [0.1, 0.15) is 33.1 Å². The summed E-state index contributed by atoms with van der Waals surface area (Å²) >= 11 is 0. The van der Waals surface area contributed by atoms with Crippen molar-refractivity contribution in [3.8, 4) is 11.8 Å². The van der Waals surface area contributed by atoms with Gasteiger partial charge >= 0.3 is 0 Å². The van der Waals surface area contributed by atoms with Gasteiger partial charge in [0.1, 0.15) is 0 Å². The van der Waals surface area contributed by atoms with Crippen molar-refractivity contribution in [1.82, 2.24) is 5.32 Å². The lowest BCUT2D eigenvalue weighted by atomic mass is 9.79. The van der Waals surface area contributed by atoms with E-state index in [1.54, 1.807) is 6.92 Å². The van der Waals surface area contributed by atoms with Crippen molar-refractivity contribution in [2.45, 2.75) is 39.2 Å². The molecule has 1 fully saturated rings. The van der Waals surface area contributed by atoms with E-state index in [0.29, 0.717) is 6.04 Å². The second-order valence-electron chi connectivity index (χ2n) is 3.29. The maximum Gasteiger partial charge on any atom is 0.296 e. The van der Waals surface area contributed by atoms with E-state index in [2.05, 4.69) is 24.1 Å². The molecule has 1 aliphatic carbocycles. The fraction of sp³-hybridized carbons (Fsp3) is 0.700. The highest BCUT2D eigenvalue weighted by Gasteiger charge is 2.28. The first-order valence-corrected chi connectivity index (χ1v) is 4.49. The lowest BCUT2D eigenvalue weighted by Gasteiger charge is -2.34. The highest BCUT2D eigenvalue weighted by Crippen LogP contribution is 2.29. The standard InChI is InChI=1S/C10H15NO/c1-3-5-10(12)11-9-6-8(4-2)7-9/h8-9H,4,6-7H2,1-2H3,(H,11,12). The number of nitrogens with one attached hydrogen (secondary N) is 1. The predicted octanol–water partition coefficient (Wildman–Crippen LogP) is 1.31. The highest BCUT2D eigenvalue weighted by atomic mass is 16.1. The van der Waals surface area contributed by atoms with Gasteiger partial charge in [-0.1, -0.05) is 19.3 Å². The molecular weight excluding hydrogens is 150 g/mol. The molecule has 66 valence electrons. The summed E-state index contributed by atoms with van der Waals surface area (Å²) in [4.78, 5) is 11.0. The van der Waals surface area contributed by atoms with Crippen molar-refractivity contribution < 1.29 is 4.79 Å². The largest absolute Gasteiger partial charge is 0.343 e. The van der Waals surface area contributed by atoms with Crippen LogP contribution in [-0.2, 0) is 4.79 Å². The van der Waals surface area contributed by atoms with E-state index in [4.69, 9.17) is 0 Å². The minimum atomic E-state index is -0.128. The summed E-state index contributed by atoms with van der Waals surface area (Å²) in [5, 5.41) is 2.87. The normalized spacial score (nSPS) is 26.5. The minimum absolute atomic E-state index is 0.128. The molecule has 1 amide bonds. The third-order valence-corrected chi connectivity index (χ3v) is 2.39. The molecule has 0 unspecified atom stereocenters. The zero-order chi connectivity index (χ0) is 8.97. The Morgan fingerprint density at radius 3 is 2.75 bits per heavy atom. The number of rotatable bonds is 2. The number of amides is 1. The van der Waals surface area contributed by atoms with Crippen LogP contribution in [0.25, 0.3) is 0 Å². The maximum atomic E-state index is 11.0. The van der Waals surface area contributed by atoms with Crippen LogP contribution in [0.3, 0.4) is 0 Å². The first-order chi connectivity index (χ1) is 5.76. The van der Waals surface area contributed by atoms with Gasteiger partial charge in [0, 0.05) is 6.04 Å². The van der Waals surface area contributed by atoms with E-state index in [9.17, 15) is 4.79 Å². The third-order valence-electron chi connectivity index (χ3n) is 2.39. The van der Waals surface area contributed by atoms with Crippen molar-refractivity contribution >= 4 is 5.91 Å². The van der Waals surface area contributed by atoms with Gasteiger partial charge in [-0.2, -0.15) is 0 Å². The smallest absolute Gasteiger partial charge is 0.296 e. The molecule has 0 aromatic rings. The molecule has 2 heteroatoms. The van der Waals surface area contributed by atoms with Crippen LogP contribution in [0, 0.1) is 17.8 Å². The van der Waals surface area contributed by atoms with Crippen LogP contribution < -0.4 is 5.32 Å². The molecule has 0 radical (unpaired) electrons. The van der Waals surface area contributed by atoms with E-state index in [0.717, 1.165) is 18.8 Å². The van der Waals surface area contributed by atoms with Crippen molar-refractivity contribution in [3.63, 3.8) is 0 Å². The van der Waals surface area contributed by atoms with E-state index < -0.39 is 0 Å². The van der Waals surface area contributed by atoms with E-state index in [1.807, 2.05) is 0 Å². The summed E-state index contributed by atoms with van der Waals surface area (Å²) in [6, 6.07) is 0.392. The lowest BCUT2D eigenvalue weighted by molar-refractivity contribution is -0.117. The Morgan fingerprint density at radius 1 is 1.58 bits per heavy atom. The van der Waals surface area contributed by atoms with Crippen molar-refractivity contribution in [2.75, 3.05) is 0 Å². The molecule has 0 aromatic carbocycles. The quantitative estimate of drug-likeness (QED) is 0.614. The summed E-state index contributed by atoms with van der Waals surface area (Å²) in [6.45, 7) is 3.86. The second-order valence-corrected chi connectivity index (χ2v) is 3.29. The Balaban J connectivity index is 2.17. The first-order valence-electron chi connectivity index (χ1n) is 4.49. The van der Waals surface area contributed by atoms with Crippen LogP contribution in [0.5, 0.6) is 0 Å². The van der Waals surface area contributed by atoms with Gasteiger partial charge in [0.2, 0.25) is 0 Å². The average molecular weight is 165 g/mol. The van der Waals surface area contributed by atoms with Crippen molar-refractivity contribution in [1.29, 1.82) is 0 Å². The first kappa shape index (κ1) is 9.12. The highest BCUT2D eigenvalue weighted by molar-refractivity contribution is 5.93. The number of carbonyl (C=O) groups is 1. The van der Waals surface area contributed by atoms with Gasteiger partial charge in [-0.3, -0.25) is 4.79 Å². The van der Waals surface area contributed by atoms with Gasteiger partial charge in [0.25, 0.3) is 5.91 Å². The monoisotopic (exact) mass is 165 g/mol. The van der Waals surface area contributed by atoms with Gasteiger partial charge in [0.05, 0.1) is 0 Å². The molecule has 1 N–H and O–H groups in total. The van der Waals surface area contributed by atoms with Crippen LogP contribution in [0.15, 0.2) is 0 Å². The van der Waals surface area contributed by atoms with Gasteiger partial charge < -0.3 is 5.32 Å². The molecule has 2 nitrogen and oxygen atoms in total. The Kier molecular flexibility index (Phi) is 3.16. The summed E-state index contributed by atoms with van der Waals surface area (Å²) in [5.74, 6) is 5.76. The molecule has 0 aromatic heterocycles. The summed E-state index contributed by atoms with van der Waals surface area (Å²) < 4.78 is 0. The molecule has 1 aliphatic rings.